The summed E-state index contributed by atoms with van der Waals surface area (Å²) in [7, 11) is -3.23. The molecule has 0 amide bonds. The molecule has 1 saturated heterocycles. The van der Waals surface area contributed by atoms with E-state index in [0.29, 0.717) is 0 Å². The van der Waals surface area contributed by atoms with Crippen molar-refractivity contribution in [3.63, 3.8) is 0 Å². The molecule has 0 aromatic carbocycles. The van der Waals surface area contributed by atoms with Gasteiger partial charge in [0.2, 0.25) is 10.0 Å². The van der Waals surface area contributed by atoms with Crippen molar-refractivity contribution in [2.75, 3.05) is 12.8 Å². The van der Waals surface area contributed by atoms with E-state index >= 15 is 0 Å². The summed E-state index contributed by atoms with van der Waals surface area (Å²) in [5.41, 5.74) is 2.24. The largest absolute Gasteiger partial charge is 0.294 e. The predicted octanol–water partition coefficient (Wildman–Crippen LogP) is 1.21. The first-order chi connectivity index (χ1) is 11.5. The minimum Gasteiger partial charge on any atom is -0.294 e. The summed E-state index contributed by atoms with van der Waals surface area (Å²) in [6.07, 6.45) is 10.0. The Morgan fingerprint density at radius 3 is 2.42 bits per heavy atom. The molecule has 1 fully saturated rings. The SMILES string of the molecule is CS(=O)(=O)N[C@@H]1CCN(Cc2cccnc2)[C@H]1Cc1cccnc1. The van der Waals surface area contributed by atoms with Crippen LogP contribution < -0.4 is 4.72 Å². The van der Waals surface area contributed by atoms with Crippen molar-refractivity contribution in [2.24, 2.45) is 0 Å². The van der Waals surface area contributed by atoms with Crippen LogP contribution in [-0.4, -0.2) is 48.2 Å². The molecule has 2 aromatic heterocycles. The monoisotopic (exact) mass is 346 g/mol. The predicted molar refractivity (Wildman–Crippen MR) is 92.8 cm³/mol. The maximum Gasteiger partial charge on any atom is 0.209 e. The Bertz CT molecular complexity index is 753. The van der Waals surface area contributed by atoms with E-state index in [1.54, 1.807) is 12.4 Å². The second kappa shape index (κ2) is 7.38. The fourth-order valence-corrected chi connectivity index (χ4v) is 4.11. The average Bonchev–Trinajstić information content (AvgIpc) is 2.90. The first kappa shape index (κ1) is 17.0. The van der Waals surface area contributed by atoms with E-state index in [-0.39, 0.29) is 12.1 Å². The number of nitrogens with one attached hydrogen (secondary N) is 1. The van der Waals surface area contributed by atoms with Crippen molar-refractivity contribution in [1.29, 1.82) is 0 Å². The first-order valence-corrected chi connectivity index (χ1v) is 9.89. The molecule has 0 spiro atoms. The van der Waals surface area contributed by atoms with Crippen molar-refractivity contribution in [3.05, 3.63) is 60.2 Å². The van der Waals surface area contributed by atoms with Gasteiger partial charge >= 0.3 is 0 Å². The quantitative estimate of drug-likeness (QED) is 0.851. The average molecular weight is 346 g/mol. The highest BCUT2D eigenvalue weighted by molar-refractivity contribution is 7.88. The topological polar surface area (TPSA) is 75.2 Å². The molecule has 3 rings (SSSR count). The van der Waals surface area contributed by atoms with Crippen molar-refractivity contribution in [3.8, 4) is 0 Å². The molecule has 128 valence electrons. The number of likely N-dealkylation sites (tertiary alicyclic amines) is 1. The lowest BCUT2D eigenvalue weighted by atomic mass is 10.0. The van der Waals surface area contributed by atoms with Crippen LogP contribution in [0, 0.1) is 0 Å². The van der Waals surface area contributed by atoms with Gasteiger partial charge in [-0.1, -0.05) is 12.1 Å². The van der Waals surface area contributed by atoms with Crippen molar-refractivity contribution in [1.82, 2.24) is 19.6 Å². The standard InChI is InChI=1S/C17H22N4O2S/c1-24(22,23)20-16-6-9-21(13-15-5-3-8-19-12-15)17(16)10-14-4-2-7-18-11-14/h2-5,7-8,11-12,16-17,20H,6,9-10,13H2,1H3/t16-,17+/m1/s1. The van der Waals surface area contributed by atoms with E-state index in [4.69, 9.17) is 0 Å². The lowest BCUT2D eigenvalue weighted by Crippen LogP contribution is -2.45. The summed E-state index contributed by atoms with van der Waals surface area (Å²) < 4.78 is 26.2. The molecule has 0 bridgehead atoms. The number of aromatic nitrogens is 2. The third kappa shape index (κ3) is 4.59. The minimum absolute atomic E-state index is 0.0862. The van der Waals surface area contributed by atoms with E-state index < -0.39 is 10.0 Å². The van der Waals surface area contributed by atoms with Crippen LogP contribution in [0.5, 0.6) is 0 Å². The summed E-state index contributed by atoms with van der Waals surface area (Å²) >= 11 is 0. The maximum atomic E-state index is 11.7. The van der Waals surface area contributed by atoms with Crippen LogP contribution in [0.15, 0.2) is 49.1 Å². The molecule has 2 atom stereocenters. The van der Waals surface area contributed by atoms with Crippen molar-refractivity contribution < 1.29 is 8.42 Å². The van der Waals surface area contributed by atoms with Gasteiger partial charge in [0.25, 0.3) is 0 Å². The molecule has 0 aliphatic carbocycles. The second-order valence-corrected chi connectivity index (χ2v) is 8.03. The Morgan fingerprint density at radius 1 is 1.17 bits per heavy atom. The summed E-state index contributed by atoms with van der Waals surface area (Å²) in [4.78, 5) is 10.7. The molecule has 1 aliphatic heterocycles. The van der Waals surface area contributed by atoms with E-state index in [2.05, 4.69) is 19.6 Å². The molecular formula is C17H22N4O2S. The Kier molecular flexibility index (Phi) is 5.23. The summed E-state index contributed by atoms with van der Waals surface area (Å²) in [6.45, 7) is 1.62. The van der Waals surface area contributed by atoms with Gasteiger partial charge in [-0.25, -0.2) is 13.1 Å². The van der Waals surface area contributed by atoms with Gasteiger partial charge in [0.15, 0.2) is 0 Å². The highest BCUT2D eigenvalue weighted by Crippen LogP contribution is 2.24. The van der Waals surface area contributed by atoms with Crippen LogP contribution in [0.25, 0.3) is 0 Å². The Morgan fingerprint density at radius 2 is 1.83 bits per heavy atom. The minimum atomic E-state index is -3.23. The van der Waals surface area contributed by atoms with Crippen molar-refractivity contribution >= 4 is 10.0 Å². The van der Waals surface area contributed by atoms with Crippen LogP contribution in [0.1, 0.15) is 17.5 Å². The molecule has 0 radical (unpaired) electrons. The van der Waals surface area contributed by atoms with Gasteiger partial charge in [0.1, 0.15) is 0 Å². The molecular weight excluding hydrogens is 324 g/mol. The zero-order valence-corrected chi connectivity index (χ0v) is 14.5. The smallest absolute Gasteiger partial charge is 0.209 e. The number of rotatable bonds is 6. The van der Waals surface area contributed by atoms with Crippen LogP contribution in [0.3, 0.4) is 0 Å². The number of hydrogen-bond donors (Lipinski definition) is 1. The first-order valence-electron chi connectivity index (χ1n) is 8.00. The van der Waals surface area contributed by atoms with Gasteiger partial charge in [-0.2, -0.15) is 0 Å². The summed E-state index contributed by atoms with van der Waals surface area (Å²) in [6, 6.07) is 7.93. The summed E-state index contributed by atoms with van der Waals surface area (Å²) in [5, 5.41) is 0. The molecule has 1 aliphatic rings. The fraction of sp³-hybridized carbons (Fsp3) is 0.412. The number of pyridine rings is 2. The van der Waals surface area contributed by atoms with Gasteiger partial charge < -0.3 is 0 Å². The van der Waals surface area contributed by atoms with Crippen LogP contribution in [0.4, 0.5) is 0 Å². The third-order valence-corrected chi connectivity index (χ3v) is 5.03. The molecule has 0 saturated carbocycles. The van der Waals surface area contributed by atoms with Crippen LogP contribution >= 0.6 is 0 Å². The highest BCUT2D eigenvalue weighted by atomic mass is 32.2. The molecule has 1 N–H and O–H groups in total. The van der Waals surface area contributed by atoms with E-state index in [0.717, 1.165) is 37.1 Å². The Labute approximate surface area is 143 Å². The fourth-order valence-electron chi connectivity index (χ4n) is 3.28. The molecule has 6 nitrogen and oxygen atoms in total. The molecule has 7 heteroatoms. The van der Waals surface area contributed by atoms with Gasteiger partial charge in [0.05, 0.1) is 6.26 Å². The normalized spacial score (nSPS) is 21.9. The highest BCUT2D eigenvalue weighted by Gasteiger charge is 2.35. The summed E-state index contributed by atoms with van der Waals surface area (Å²) in [5.74, 6) is 0. The third-order valence-electron chi connectivity index (χ3n) is 4.30. The molecule has 2 aromatic rings. The Balaban J connectivity index is 1.79. The lowest BCUT2D eigenvalue weighted by Gasteiger charge is -2.28. The second-order valence-electron chi connectivity index (χ2n) is 6.25. The van der Waals surface area contributed by atoms with Crippen LogP contribution in [0.2, 0.25) is 0 Å². The van der Waals surface area contributed by atoms with E-state index in [1.807, 2.05) is 36.7 Å². The van der Waals surface area contributed by atoms with E-state index in [9.17, 15) is 8.42 Å². The Hall–Kier alpha value is -1.83. The zero-order valence-electron chi connectivity index (χ0n) is 13.7. The van der Waals surface area contributed by atoms with E-state index in [1.165, 1.54) is 6.26 Å². The number of nitrogens with zero attached hydrogens (tertiary/aromatic N) is 3. The molecule has 24 heavy (non-hydrogen) atoms. The van der Waals surface area contributed by atoms with Gasteiger partial charge in [0, 0.05) is 50.0 Å². The molecule has 0 unspecified atom stereocenters. The molecule has 3 heterocycles. The number of hydrogen-bond acceptors (Lipinski definition) is 5. The van der Waals surface area contributed by atoms with Gasteiger partial charge in [-0.15, -0.1) is 0 Å². The van der Waals surface area contributed by atoms with Crippen molar-refractivity contribution in [2.45, 2.75) is 31.5 Å². The maximum absolute atomic E-state index is 11.7. The number of sulfonamides is 1. The zero-order chi connectivity index (χ0) is 17.0. The van der Waals surface area contributed by atoms with Crippen LogP contribution in [-0.2, 0) is 23.0 Å². The lowest BCUT2D eigenvalue weighted by molar-refractivity contribution is 0.230. The van der Waals surface area contributed by atoms with Gasteiger partial charge in [-0.05, 0) is 36.1 Å². The van der Waals surface area contributed by atoms with Gasteiger partial charge in [-0.3, -0.25) is 14.9 Å².